The van der Waals surface area contributed by atoms with E-state index >= 15 is 0 Å². The Hall–Kier alpha value is -1.65. The molecule has 0 aliphatic heterocycles. The molecule has 0 amide bonds. The molecule has 0 aromatic heterocycles. The lowest BCUT2D eigenvalue weighted by molar-refractivity contribution is 0.388. The number of hydrogen-bond acceptors (Lipinski definition) is 0. The van der Waals surface area contributed by atoms with Crippen molar-refractivity contribution in [3.63, 3.8) is 0 Å². The van der Waals surface area contributed by atoms with E-state index in [2.05, 4.69) is 114 Å². The molecule has 0 bridgehead atoms. The molecule has 1 aliphatic rings. The summed E-state index contributed by atoms with van der Waals surface area (Å²) in [4.78, 5) is 0. The lowest BCUT2D eigenvalue weighted by Gasteiger charge is -2.38. The van der Waals surface area contributed by atoms with Gasteiger partial charge in [0.25, 0.3) is 0 Å². The molecule has 160 valence electrons. The van der Waals surface area contributed by atoms with Crippen LogP contribution in [-0.4, -0.2) is 16.1 Å². The molecule has 0 nitrogen and oxygen atoms in total. The highest BCUT2D eigenvalue weighted by molar-refractivity contribution is 6.86. The predicted molar refractivity (Wildman–Crippen MR) is 141 cm³/mol. The topological polar surface area (TPSA) is 0 Å². The van der Waals surface area contributed by atoms with Crippen molar-refractivity contribution in [3.8, 4) is 0 Å². The lowest BCUT2D eigenvalue weighted by Crippen LogP contribution is -2.33. The third-order valence-electron chi connectivity index (χ3n) is 6.81. The third-order valence-corrected chi connectivity index (χ3v) is 11.3. The number of rotatable bonds is 4. The van der Waals surface area contributed by atoms with Crippen molar-refractivity contribution in [2.45, 2.75) is 66.0 Å². The molecular formula is C28H40Si2. The van der Waals surface area contributed by atoms with Gasteiger partial charge in [-0.1, -0.05) is 124 Å². The fraction of sp³-hybridized carbons (Fsp3) is 0.429. The van der Waals surface area contributed by atoms with Crippen LogP contribution in [0.15, 0.2) is 71.1 Å². The predicted octanol–water partition coefficient (Wildman–Crippen LogP) is 8.71. The van der Waals surface area contributed by atoms with E-state index in [1.807, 2.05) is 0 Å². The number of hydrogen-bond donors (Lipinski definition) is 0. The number of benzene rings is 2. The van der Waals surface area contributed by atoms with Crippen molar-refractivity contribution in [3.05, 3.63) is 82.2 Å². The van der Waals surface area contributed by atoms with Crippen LogP contribution in [0.5, 0.6) is 0 Å². The van der Waals surface area contributed by atoms with E-state index in [0.717, 1.165) is 0 Å². The van der Waals surface area contributed by atoms with Crippen LogP contribution in [0.1, 0.15) is 37.8 Å². The van der Waals surface area contributed by atoms with Crippen molar-refractivity contribution in [2.75, 3.05) is 0 Å². The molecule has 0 saturated heterocycles. The summed E-state index contributed by atoms with van der Waals surface area (Å²) in [6.07, 6.45) is 2.47. The highest BCUT2D eigenvalue weighted by Crippen LogP contribution is 2.47. The van der Waals surface area contributed by atoms with Gasteiger partial charge in [-0.3, -0.25) is 0 Å². The molecule has 2 aromatic carbocycles. The number of allylic oxidation sites excluding steroid dienone is 4. The second kappa shape index (κ2) is 8.84. The molecular weight excluding hydrogens is 392 g/mol. The van der Waals surface area contributed by atoms with Crippen molar-refractivity contribution < 1.29 is 0 Å². The molecule has 0 saturated carbocycles. The maximum absolute atomic E-state index is 2.54. The van der Waals surface area contributed by atoms with Gasteiger partial charge in [0.1, 0.15) is 0 Å². The quantitative estimate of drug-likeness (QED) is 0.424. The Labute approximate surface area is 187 Å². The molecule has 30 heavy (non-hydrogen) atoms. The summed E-state index contributed by atoms with van der Waals surface area (Å²) in [5.74, 6) is 1.43. The van der Waals surface area contributed by atoms with E-state index in [9.17, 15) is 0 Å². The van der Waals surface area contributed by atoms with Crippen LogP contribution in [0.25, 0.3) is 11.1 Å². The Balaban J connectivity index is 2.51. The van der Waals surface area contributed by atoms with Crippen LogP contribution in [-0.2, 0) is 0 Å². The molecule has 0 unspecified atom stereocenters. The molecule has 1 aliphatic carbocycles. The summed E-state index contributed by atoms with van der Waals surface area (Å²) < 4.78 is 0. The summed E-state index contributed by atoms with van der Waals surface area (Å²) in [7, 11) is -3.06. The molecule has 2 atom stereocenters. The van der Waals surface area contributed by atoms with E-state index in [0.29, 0.717) is 11.8 Å². The minimum absolute atomic E-state index is 0.717. The van der Waals surface area contributed by atoms with Crippen molar-refractivity contribution in [2.24, 2.45) is 11.8 Å². The first-order valence-electron chi connectivity index (χ1n) is 11.6. The molecule has 2 aromatic rings. The fourth-order valence-corrected chi connectivity index (χ4v) is 8.67. The zero-order valence-electron chi connectivity index (χ0n) is 20.3. The normalized spacial score (nSPS) is 26.3. The van der Waals surface area contributed by atoms with Gasteiger partial charge < -0.3 is 0 Å². The Morgan fingerprint density at radius 2 is 0.833 bits per heavy atom. The lowest BCUT2D eigenvalue weighted by atomic mass is 9.81. The zero-order chi connectivity index (χ0) is 22.1. The van der Waals surface area contributed by atoms with E-state index in [1.165, 1.54) is 24.0 Å². The molecule has 3 rings (SSSR count). The van der Waals surface area contributed by atoms with Crippen LogP contribution in [0.2, 0.25) is 39.3 Å². The summed E-state index contributed by atoms with van der Waals surface area (Å²) in [6.45, 7) is 20.2. The van der Waals surface area contributed by atoms with Crippen LogP contribution >= 0.6 is 0 Å². The average Bonchev–Trinajstić information content (AvgIpc) is 2.67. The van der Waals surface area contributed by atoms with E-state index in [4.69, 9.17) is 0 Å². The summed E-state index contributed by atoms with van der Waals surface area (Å²) in [6, 6.07) is 22.5. The minimum Gasteiger partial charge on any atom is -0.0725 e. The van der Waals surface area contributed by atoms with Gasteiger partial charge in [0, 0.05) is 0 Å². The van der Waals surface area contributed by atoms with Crippen LogP contribution in [0.3, 0.4) is 0 Å². The maximum Gasteiger partial charge on any atom is 0.0732 e. The molecule has 0 fully saturated rings. The Kier molecular flexibility index (Phi) is 6.79. The smallest absolute Gasteiger partial charge is 0.0725 e. The first kappa shape index (κ1) is 23.0. The van der Waals surface area contributed by atoms with E-state index in [1.54, 1.807) is 21.5 Å². The van der Waals surface area contributed by atoms with E-state index < -0.39 is 16.1 Å². The van der Waals surface area contributed by atoms with Crippen molar-refractivity contribution in [1.29, 1.82) is 0 Å². The standard InChI is InChI=1S/C28H40Si2/c1-21-19-25(29(3,4)5)27(23-15-11-9-12-16-23)28(24-17-13-10-14-18-24)26(20-22(21)2)30(6,7)8/h9-18,21-22H,19-20H2,1-8H3/b27-25+,28-26+/t21-,22-/m0/s1. The highest BCUT2D eigenvalue weighted by atomic mass is 28.3. The Bertz CT molecular complexity index is 843. The van der Waals surface area contributed by atoms with Gasteiger partial charge in [0.05, 0.1) is 16.1 Å². The second-order valence-corrected chi connectivity index (χ2v) is 21.5. The van der Waals surface area contributed by atoms with Crippen molar-refractivity contribution in [1.82, 2.24) is 0 Å². The van der Waals surface area contributed by atoms with Gasteiger partial charge in [-0.2, -0.15) is 0 Å². The maximum atomic E-state index is 2.54. The summed E-state index contributed by atoms with van der Waals surface area (Å²) in [5, 5.41) is 3.50. The largest absolute Gasteiger partial charge is 0.0732 e. The summed E-state index contributed by atoms with van der Waals surface area (Å²) >= 11 is 0. The first-order valence-corrected chi connectivity index (χ1v) is 18.6. The zero-order valence-corrected chi connectivity index (χ0v) is 22.3. The molecule has 2 heteroatoms. The average molecular weight is 433 g/mol. The molecule has 0 heterocycles. The fourth-order valence-electron chi connectivity index (χ4n) is 4.76. The molecule has 0 spiro atoms. The molecule has 0 N–H and O–H groups in total. The second-order valence-electron chi connectivity index (χ2n) is 11.3. The SMILES string of the molecule is C[C@H]1C/C([Si](C)(C)C)=C(c2ccccc2)\C(c2ccccc2)=C(\[Si](C)(C)C)C[C@@H]1C. The highest BCUT2D eigenvalue weighted by Gasteiger charge is 2.35. The van der Waals surface area contributed by atoms with Crippen LogP contribution in [0.4, 0.5) is 0 Å². The Morgan fingerprint density at radius 1 is 0.533 bits per heavy atom. The van der Waals surface area contributed by atoms with Gasteiger partial charge in [0.15, 0.2) is 0 Å². The Morgan fingerprint density at radius 3 is 1.10 bits per heavy atom. The van der Waals surface area contributed by atoms with Crippen LogP contribution < -0.4 is 0 Å². The van der Waals surface area contributed by atoms with Gasteiger partial charge in [-0.05, 0) is 47.0 Å². The minimum atomic E-state index is -1.53. The first-order chi connectivity index (χ1) is 14.0. The monoisotopic (exact) mass is 432 g/mol. The molecule has 0 radical (unpaired) electrons. The van der Waals surface area contributed by atoms with Crippen LogP contribution in [0, 0.1) is 11.8 Å². The summed E-state index contributed by atoms with van der Waals surface area (Å²) in [5.41, 5.74) is 5.95. The van der Waals surface area contributed by atoms with E-state index in [-0.39, 0.29) is 0 Å². The van der Waals surface area contributed by atoms with Crippen molar-refractivity contribution >= 4 is 27.3 Å². The third kappa shape index (κ3) is 4.97. The van der Waals surface area contributed by atoms with Gasteiger partial charge in [0.2, 0.25) is 0 Å². The van der Waals surface area contributed by atoms with Gasteiger partial charge in [-0.15, -0.1) is 0 Å². The van der Waals surface area contributed by atoms with Gasteiger partial charge in [-0.25, -0.2) is 0 Å². The van der Waals surface area contributed by atoms with Gasteiger partial charge >= 0.3 is 0 Å².